The van der Waals surface area contributed by atoms with Crippen LogP contribution >= 0.6 is 11.3 Å². The summed E-state index contributed by atoms with van der Waals surface area (Å²) in [5.41, 5.74) is 7.52. The number of carbonyl (C=O) groups is 1. The van der Waals surface area contributed by atoms with E-state index in [9.17, 15) is 13.2 Å². The molecule has 9 nitrogen and oxygen atoms in total. The van der Waals surface area contributed by atoms with E-state index in [1.165, 1.54) is 0 Å². The molecule has 0 aliphatic heterocycles. The first-order valence-electron chi connectivity index (χ1n) is 11.8. The fraction of sp³-hybridized carbons (Fsp3) is 0.458. The van der Waals surface area contributed by atoms with Crippen LogP contribution in [0.2, 0.25) is 0 Å². The largest absolute Gasteiger partial charge is 0.446 e. The Morgan fingerprint density at radius 1 is 1.17 bits per heavy atom. The highest BCUT2D eigenvalue weighted by molar-refractivity contribution is 7.92. The maximum absolute atomic E-state index is 13.4. The van der Waals surface area contributed by atoms with Gasteiger partial charge in [-0.05, 0) is 57.6 Å². The number of hydrogen-bond acceptors (Lipinski definition) is 8. The zero-order chi connectivity index (χ0) is 24.7. The lowest BCUT2D eigenvalue weighted by molar-refractivity contribution is 0.0787. The molecule has 5 rings (SSSR count). The highest BCUT2D eigenvalue weighted by atomic mass is 32.2. The molecule has 0 spiro atoms. The molecule has 3 N–H and O–H groups in total. The molecule has 2 fully saturated rings. The number of benzene rings is 1. The van der Waals surface area contributed by atoms with E-state index in [4.69, 9.17) is 10.5 Å². The third-order valence-electron chi connectivity index (χ3n) is 6.73. The van der Waals surface area contributed by atoms with Crippen LogP contribution in [0.3, 0.4) is 0 Å². The molecule has 35 heavy (non-hydrogen) atoms. The minimum Gasteiger partial charge on any atom is -0.446 e. The van der Waals surface area contributed by atoms with Crippen LogP contribution in [0.5, 0.6) is 0 Å². The van der Waals surface area contributed by atoms with Gasteiger partial charge in [-0.25, -0.2) is 18.2 Å². The summed E-state index contributed by atoms with van der Waals surface area (Å²) in [6, 6.07) is 7.39. The van der Waals surface area contributed by atoms with Gasteiger partial charge in [-0.3, -0.25) is 4.68 Å². The van der Waals surface area contributed by atoms with Crippen molar-refractivity contribution in [2.75, 3.05) is 5.32 Å². The third kappa shape index (κ3) is 5.06. The third-order valence-corrected chi connectivity index (χ3v) is 10.2. The van der Waals surface area contributed by atoms with Crippen LogP contribution < -0.4 is 11.1 Å². The standard InChI is InChI=1S/C24H29N5O4S2/c1-14-11-22(28-29(14)2)27-16-5-10-19(21(12-16)35(31,32)18-8-9-18)20-13-26-23(34-20)15-3-6-17(7-4-15)33-24(25)30/h5,10-13,15,17-18H,3-4,6-9H2,1-2H3,(H2,25,30)(H,27,28). The maximum atomic E-state index is 13.4. The first kappa shape index (κ1) is 23.8. The second kappa shape index (κ2) is 9.27. The second-order valence-corrected chi connectivity index (χ2v) is 12.6. The molecule has 2 aliphatic carbocycles. The van der Waals surface area contributed by atoms with Crippen molar-refractivity contribution < 1.29 is 17.9 Å². The number of primary amides is 1. The van der Waals surface area contributed by atoms with Crippen molar-refractivity contribution in [3.63, 3.8) is 0 Å². The summed E-state index contributed by atoms with van der Waals surface area (Å²) in [7, 11) is -1.58. The molecule has 2 aliphatic rings. The Kier molecular flexibility index (Phi) is 6.30. The van der Waals surface area contributed by atoms with Crippen molar-refractivity contribution in [1.82, 2.24) is 14.8 Å². The lowest BCUT2D eigenvalue weighted by atomic mass is 9.88. The summed E-state index contributed by atoms with van der Waals surface area (Å²) in [6.07, 6.45) is 5.51. The van der Waals surface area contributed by atoms with Gasteiger partial charge in [-0.15, -0.1) is 11.3 Å². The predicted molar refractivity (Wildman–Crippen MR) is 135 cm³/mol. The number of ether oxygens (including phenoxy) is 1. The van der Waals surface area contributed by atoms with E-state index in [1.807, 2.05) is 32.2 Å². The summed E-state index contributed by atoms with van der Waals surface area (Å²) in [4.78, 5) is 16.9. The van der Waals surface area contributed by atoms with Crippen molar-refractivity contribution in [1.29, 1.82) is 0 Å². The molecule has 1 aromatic carbocycles. The number of anilines is 2. The number of hydrogen-bond donors (Lipinski definition) is 2. The Balaban J connectivity index is 1.41. The number of thiazole rings is 1. The first-order chi connectivity index (χ1) is 16.7. The molecule has 186 valence electrons. The SMILES string of the molecule is Cc1cc(Nc2ccc(-c3cnc(C4CCC(OC(N)=O)CC4)s3)c(S(=O)(=O)C3CC3)c2)nn1C. The van der Waals surface area contributed by atoms with E-state index >= 15 is 0 Å². The highest BCUT2D eigenvalue weighted by Crippen LogP contribution is 2.43. The van der Waals surface area contributed by atoms with Gasteiger partial charge in [0.1, 0.15) is 6.10 Å². The lowest BCUT2D eigenvalue weighted by Gasteiger charge is -2.26. The highest BCUT2D eigenvalue weighted by Gasteiger charge is 2.39. The van der Waals surface area contributed by atoms with E-state index in [0.29, 0.717) is 34.8 Å². The predicted octanol–water partition coefficient (Wildman–Crippen LogP) is 4.65. The maximum Gasteiger partial charge on any atom is 0.404 e. The van der Waals surface area contributed by atoms with Crippen LogP contribution in [0.4, 0.5) is 16.3 Å². The Labute approximate surface area is 208 Å². The Bertz CT molecular complexity index is 1330. The summed E-state index contributed by atoms with van der Waals surface area (Å²) in [5.74, 6) is 0.932. The van der Waals surface area contributed by atoms with Gasteiger partial charge in [0.15, 0.2) is 15.7 Å². The number of aromatic nitrogens is 3. The van der Waals surface area contributed by atoms with Gasteiger partial charge in [0.05, 0.1) is 20.0 Å². The van der Waals surface area contributed by atoms with Gasteiger partial charge >= 0.3 is 6.09 Å². The lowest BCUT2D eigenvalue weighted by Crippen LogP contribution is -2.26. The molecule has 2 aromatic heterocycles. The molecule has 2 heterocycles. The van der Waals surface area contributed by atoms with Crippen LogP contribution in [-0.2, 0) is 21.6 Å². The molecule has 2 saturated carbocycles. The average Bonchev–Trinajstić information content (AvgIpc) is 3.49. The number of nitrogens with one attached hydrogen (secondary N) is 1. The number of nitrogens with two attached hydrogens (primary N) is 1. The normalized spacial score (nSPS) is 20.5. The smallest absolute Gasteiger partial charge is 0.404 e. The van der Waals surface area contributed by atoms with Gasteiger partial charge in [0.25, 0.3) is 0 Å². The van der Waals surface area contributed by atoms with E-state index < -0.39 is 15.9 Å². The van der Waals surface area contributed by atoms with E-state index in [-0.39, 0.29) is 17.3 Å². The minimum atomic E-state index is -3.44. The van der Waals surface area contributed by atoms with Crippen LogP contribution in [0.1, 0.15) is 55.1 Å². The molecule has 0 saturated heterocycles. The molecule has 11 heteroatoms. The number of rotatable bonds is 7. The van der Waals surface area contributed by atoms with Gasteiger partial charge < -0.3 is 15.8 Å². The fourth-order valence-corrected chi connectivity index (χ4v) is 7.64. The number of aryl methyl sites for hydroxylation is 2. The summed E-state index contributed by atoms with van der Waals surface area (Å²) >= 11 is 1.54. The zero-order valence-corrected chi connectivity index (χ0v) is 21.4. The Morgan fingerprint density at radius 3 is 2.54 bits per heavy atom. The number of nitrogens with zero attached hydrogens (tertiary/aromatic N) is 3. The number of carbonyl (C=O) groups excluding carboxylic acids is 1. The van der Waals surface area contributed by atoms with Gasteiger partial charge in [-0.1, -0.05) is 6.07 Å². The summed E-state index contributed by atoms with van der Waals surface area (Å²) < 4.78 is 33.6. The second-order valence-electron chi connectivity index (χ2n) is 9.35. The van der Waals surface area contributed by atoms with Gasteiger partial charge in [0, 0.05) is 42.2 Å². The van der Waals surface area contributed by atoms with Crippen LogP contribution in [0, 0.1) is 6.92 Å². The molecular weight excluding hydrogens is 486 g/mol. The molecule has 1 amide bonds. The zero-order valence-electron chi connectivity index (χ0n) is 19.7. The van der Waals surface area contributed by atoms with Gasteiger partial charge in [-0.2, -0.15) is 5.10 Å². The van der Waals surface area contributed by atoms with E-state index in [0.717, 1.165) is 41.3 Å². The molecule has 0 bridgehead atoms. The van der Waals surface area contributed by atoms with Crippen LogP contribution in [0.15, 0.2) is 35.4 Å². The van der Waals surface area contributed by atoms with Crippen molar-refractivity contribution in [3.8, 4) is 10.4 Å². The van der Waals surface area contributed by atoms with Crippen LogP contribution in [0.25, 0.3) is 10.4 Å². The van der Waals surface area contributed by atoms with E-state index in [1.54, 1.807) is 28.3 Å². The van der Waals surface area contributed by atoms with E-state index in [2.05, 4.69) is 15.4 Å². The number of amides is 1. The van der Waals surface area contributed by atoms with Crippen LogP contribution in [-0.4, -0.2) is 40.6 Å². The monoisotopic (exact) mass is 515 g/mol. The van der Waals surface area contributed by atoms with Crippen molar-refractivity contribution in [2.45, 2.75) is 67.6 Å². The Hall–Kier alpha value is -2.92. The first-order valence-corrected chi connectivity index (χ1v) is 14.1. The molecular formula is C24H29N5O4S2. The molecule has 0 radical (unpaired) electrons. The molecule has 0 atom stereocenters. The molecule has 0 unspecified atom stereocenters. The van der Waals surface area contributed by atoms with Gasteiger partial charge in [0.2, 0.25) is 0 Å². The summed E-state index contributed by atoms with van der Waals surface area (Å²) in [6.45, 7) is 1.96. The van der Waals surface area contributed by atoms with Crippen molar-refractivity contribution in [3.05, 3.63) is 41.2 Å². The Morgan fingerprint density at radius 2 is 1.91 bits per heavy atom. The fourth-order valence-electron chi connectivity index (χ4n) is 4.56. The number of sulfone groups is 1. The quantitative estimate of drug-likeness (QED) is 0.468. The topological polar surface area (TPSA) is 129 Å². The van der Waals surface area contributed by atoms with Crippen molar-refractivity contribution in [2.24, 2.45) is 12.8 Å². The average molecular weight is 516 g/mol. The summed E-state index contributed by atoms with van der Waals surface area (Å²) in [5, 5.41) is 8.32. The molecule has 3 aromatic rings. The minimum absolute atomic E-state index is 0.138. The van der Waals surface area contributed by atoms with Crippen molar-refractivity contribution >= 4 is 38.8 Å².